The van der Waals surface area contributed by atoms with Gasteiger partial charge in [0, 0.05) is 5.92 Å². The second-order valence-electron chi connectivity index (χ2n) is 3.95. The van der Waals surface area contributed by atoms with Crippen LogP contribution in [-0.4, -0.2) is 20.0 Å². The number of ketones is 1. The molecule has 0 amide bonds. The zero-order valence-electron chi connectivity index (χ0n) is 8.52. The molecule has 0 radical (unpaired) electrons. The molecule has 0 aliphatic heterocycles. The van der Waals surface area contributed by atoms with Crippen LogP contribution in [0.1, 0.15) is 12.8 Å². The van der Waals surface area contributed by atoms with Gasteiger partial charge in [-0.1, -0.05) is 0 Å². The predicted molar refractivity (Wildman–Crippen MR) is 56.2 cm³/mol. The number of benzene rings is 1. The van der Waals surface area contributed by atoms with Gasteiger partial charge in [0.15, 0.2) is 15.6 Å². The second-order valence-corrected chi connectivity index (χ2v) is 5.94. The lowest BCUT2D eigenvalue weighted by molar-refractivity contribution is -0.117. The maximum Gasteiger partial charge on any atom is 0.185 e. The van der Waals surface area contributed by atoms with Gasteiger partial charge in [-0.15, -0.1) is 0 Å². The smallest absolute Gasteiger partial charge is 0.185 e. The first-order chi connectivity index (χ1) is 7.49. The molecular weight excluding hydrogens is 231 g/mol. The third kappa shape index (κ3) is 2.47. The highest BCUT2D eigenvalue weighted by molar-refractivity contribution is 7.92. The molecule has 1 fully saturated rings. The van der Waals surface area contributed by atoms with E-state index in [1.54, 1.807) is 0 Å². The Morgan fingerprint density at radius 1 is 1.25 bits per heavy atom. The van der Waals surface area contributed by atoms with Crippen molar-refractivity contribution in [2.75, 3.05) is 5.75 Å². The van der Waals surface area contributed by atoms with Crippen LogP contribution in [-0.2, 0) is 14.6 Å². The Morgan fingerprint density at radius 3 is 2.31 bits per heavy atom. The first kappa shape index (κ1) is 11.3. The minimum Gasteiger partial charge on any atom is -0.298 e. The molecule has 16 heavy (non-hydrogen) atoms. The summed E-state index contributed by atoms with van der Waals surface area (Å²) >= 11 is 0. The molecule has 3 nitrogen and oxygen atoms in total. The van der Waals surface area contributed by atoms with E-state index in [4.69, 9.17) is 0 Å². The van der Waals surface area contributed by atoms with Gasteiger partial charge >= 0.3 is 0 Å². The van der Waals surface area contributed by atoms with Gasteiger partial charge in [0.1, 0.15) is 11.6 Å². The summed E-state index contributed by atoms with van der Waals surface area (Å²) in [6.07, 6.45) is 1.58. The number of rotatable bonds is 4. The average Bonchev–Trinajstić information content (AvgIpc) is 3.00. The highest BCUT2D eigenvalue weighted by Crippen LogP contribution is 2.30. The van der Waals surface area contributed by atoms with Crippen molar-refractivity contribution in [2.45, 2.75) is 17.7 Å². The lowest BCUT2D eigenvalue weighted by Crippen LogP contribution is -2.17. The van der Waals surface area contributed by atoms with Gasteiger partial charge in [-0.05, 0) is 37.1 Å². The van der Waals surface area contributed by atoms with Crippen molar-refractivity contribution in [1.29, 1.82) is 0 Å². The first-order valence-electron chi connectivity index (χ1n) is 5.00. The van der Waals surface area contributed by atoms with E-state index in [1.165, 1.54) is 12.1 Å². The Labute approximate surface area is 93.2 Å². The van der Waals surface area contributed by atoms with Gasteiger partial charge in [0.2, 0.25) is 0 Å². The predicted octanol–water partition coefficient (Wildman–Crippen LogP) is 1.58. The van der Waals surface area contributed by atoms with E-state index in [1.807, 2.05) is 0 Å². The van der Waals surface area contributed by atoms with Crippen molar-refractivity contribution < 1.29 is 17.6 Å². The van der Waals surface area contributed by atoms with E-state index in [2.05, 4.69) is 0 Å². The third-order valence-corrected chi connectivity index (χ3v) is 4.19. The summed E-state index contributed by atoms with van der Waals surface area (Å²) in [4.78, 5) is 11.4. The summed E-state index contributed by atoms with van der Waals surface area (Å²) < 4.78 is 36.1. The SMILES string of the molecule is O=C(CS(=O)(=O)c1ccc(F)cc1)C1CC1. The van der Waals surface area contributed by atoms with Crippen molar-refractivity contribution in [3.8, 4) is 0 Å². The van der Waals surface area contributed by atoms with Crippen LogP contribution in [0.3, 0.4) is 0 Å². The molecule has 0 unspecified atom stereocenters. The molecule has 1 saturated carbocycles. The number of hydrogen-bond donors (Lipinski definition) is 0. The standard InChI is InChI=1S/C11H11FO3S/c12-9-3-5-10(6-4-9)16(14,15)7-11(13)8-1-2-8/h3-6,8H,1-2,7H2. The Bertz CT molecular complexity index is 501. The van der Waals surface area contributed by atoms with Crippen LogP contribution in [0.25, 0.3) is 0 Å². The third-order valence-electron chi connectivity index (χ3n) is 2.54. The maximum absolute atomic E-state index is 12.6. The zero-order valence-corrected chi connectivity index (χ0v) is 9.34. The molecule has 5 heteroatoms. The van der Waals surface area contributed by atoms with E-state index < -0.39 is 21.4 Å². The van der Waals surface area contributed by atoms with Crippen LogP contribution < -0.4 is 0 Å². The van der Waals surface area contributed by atoms with Crippen LogP contribution in [0.15, 0.2) is 29.2 Å². The molecule has 0 atom stereocenters. The molecule has 0 spiro atoms. The Morgan fingerprint density at radius 2 is 1.81 bits per heavy atom. The van der Waals surface area contributed by atoms with Crippen molar-refractivity contribution in [3.05, 3.63) is 30.1 Å². The topological polar surface area (TPSA) is 51.2 Å². The average molecular weight is 242 g/mol. The fraction of sp³-hybridized carbons (Fsp3) is 0.364. The number of hydrogen-bond acceptors (Lipinski definition) is 3. The normalized spacial score (nSPS) is 16.1. The molecule has 1 aromatic carbocycles. The lowest BCUT2D eigenvalue weighted by Gasteiger charge is -2.02. The first-order valence-corrected chi connectivity index (χ1v) is 6.65. The Balaban J connectivity index is 2.17. The molecule has 86 valence electrons. The summed E-state index contributed by atoms with van der Waals surface area (Å²) in [5.41, 5.74) is 0. The highest BCUT2D eigenvalue weighted by Gasteiger charge is 2.32. The fourth-order valence-corrected chi connectivity index (χ4v) is 2.76. The van der Waals surface area contributed by atoms with Crippen LogP contribution in [0.4, 0.5) is 4.39 Å². The van der Waals surface area contributed by atoms with Gasteiger partial charge < -0.3 is 0 Å². The van der Waals surface area contributed by atoms with Crippen LogP contribution in [0, 0.1) is 11.7 Å². The molecule has 1 aliphatic carbocycles. The highest BCUT2D eigenvalue weighted by atomic mass is 32.2. The van der Waals surface area contributed by atoms with E-state index >= 15 is 0 Å². The van der Waals surface area contributed by atoms with Gasteiger partial charge in [0.05, 0.1) is 4.90 Å². The van der Waals surface area contributed by atoms with E-state index in [0.29, 0.717) is 0 Å². The summed E-state index contributed by atoms with van der Waals surface area (Å²) in [6, 6.07) is 4.53. The Kier molecular flexibility index (Phi) is 2.80. The quantitative estimate of drug-likeness (QED) is 0.753. The number of carbonyl (C=O) groups excluding carboxylic acids is 1. The molecule has 0 N–H and O–H groups in total. The number of sulfone groups is 1. The van der Waals surface area contributed by atoms with Crippen LogP contribution in [0.2, 0.25) is 0 Å². The molecule has 1 aromatic rings. The molecule has 0 aromatic heterocycles. The lowest BCUT2D eigenvalue weighted by atomic mass is 10.3. The van der Waals surface area contributed by atoms with Crippen molar-refractivity contribution in [3.63, 3.8) is 0 Å². The van der Waals surface area contributed by atoms with Crippen LogP contribution in [0.5, 0.6) is 0 Å². The van der Waals surface area contributed by atoms with E-state index in [0.717, 1.165) is 25.0 Å². The number of carbonyl (C=O) groups is 1. The minimum atomic E-state index is -3.60. The number of Topliss-reactive ketones (excluding diaryl/α,β-unsaturated/α-hetero) is 1. The van der Waals surface area contributed by atoms with Crippen molar-refractivity contribution in [1.82, 2.24) is 0 Å². The second kappa shape index (κ2) is 3.97. The van der Waals surface area contributed by atoms with Crippen molar-refractivity contribution in [2.24, 2.45) is 5.92 Å². The molecular formula is C11H11FO3S. The summed E-state index contributed by atoms with van der Waals surface area (Å²) in [6.45, 7) is 0. The minimum absolute atomic E-state index is 0.00269. The Hall–Kier alpha value is -1.23. The molecule has 0 heterocycles. The summed E-state index contributed by atoms with van der Waals surface area (Å²) in [5, 5.41) is 0. The van der Waals surface area contributed by atoms with Gasteiger partial charge in [0.25, 0.3) is 0 Å². The van der Waals surface area contributed by atoms with Crippen molar-refractivity contribution >= 4 is 15.6 Å². The molecule has 2 rings (SSSR count). The molecule has 0 bridgehead atoms. The van der Waals surface area contributed by atoms with Gasteiger partial charge in [-0.2, -0.15) is 0 Å². The summed E-state index contributed by atoms with van der Waals surface area (Å²) in [7, 11) is -3.60. The number of halogens is 1. The van der Waals surface area contributed by atoms with E-state index in [-0.39, 0.29) is 16.6 Å². The summed E-state index contributed by atoms with van der Waals surface area (Å²) in [5.74, 6) is -1.27. The fourth-order valence-electron chi connectivity index (χ4n) is 1.44. The monoisotopic (exact) mass is 242 g/mol. The van der Waals surface area contributed by atoms with Crippen LogP contribution >= 0.6 is 0 Å². The van der Waals surface area contributed by atoms with E-state index in [9.17, 15) is 17.6 Å². The maximum atomic E-state index is 12.6. The molecule has 0 saturated heterocycles. The van der Waals surface area contributed by atoms with Gasteiger partial charge in [-0.25, -0.2) is 12.8 Å². The largest absolute Gasteiger partial charge is 0.298 e. The zero-order chi connectivity index (χ0) is 11.8. The molecule has 1 aliphatic rings. The van der Waals surface area contributed by atoms with Gasteiger partial charge in [-0.3, -0.25) is 4.79 Å².